The van der Waals surface area contributed by atoms with Gasteiger partial charge in [0.05, 0.1) is 11.6 Å². The fraction of sp³-hybridized carbons (Fsp3) is 0.360. The highest BCUT2D eigenvalue weighted by molar-refractivity contribution is 6.30. The second-order valence-corrected chi connectivity index (χ2v) is 9.02. The number of benzene rings is 2. The summed E-state index contributed by atoms with van der Waals surface area (Å²) in [5, 5.41) is 4.55. The van der Waals surface area contributed by atoms with Gasteiger partial charge in [-0.2, -0.15) is 0 Å². The first-order chi connectivity index (χ1) is 15.0. The fourth-order valence-electron chi connectivity index (χ4n) is 5.23. The molecule has 1 N–H and O–H groups in total. The summed E-state index contributed by atoms with van der Waals surface area (Å²) in [6, 6.07) is 13.5. The lowest BCUT2D eigenvalue weighted by Crippen LogP contribution is -2.37. The zero-order valence-corrected chi connectivity index (χ0v) is 18.0. The SMILES string of the molecule is CCC(NC(=O)c1ccc(Cl)cc1)C1C2CC(Oc3ccnc4ccc(F)cc34)CC21. The molecule has 0 bridgehead atoms. The van der Waals surface area contributed by atoms with Crippen molar-refractivity contribution < 1.29 is 13.9 Å². The minimum atomic E-state index is -0.290. The minimum Gasteiger partial charge on any atom is -0.490 e. The number of nitrogens with zero attached hydrogens (tertiary/aromatic N) is 1. The molecule has 2 fully saturated rings. The highest BCUT2D eigenvalue weighted by Crippen LogP contribution is 2.60. The van der Waals surface area contributed by atoms with Crippen LogP contribution in [0.5, 0.6) is 5.75 Å². The molecule has 2 aliphatic rings. The number of rotatable bonds is 6. The van der Waals surface area contributed by atoms with Crippen molar-refractivity contribution in [2.24, 2.45) is 17.8 Å². The third-order valence-corrected chi connectivity index (χ3v) is 7.00. The lowest BCUT2D eigenvalue weighted by molar-refractivity contribution is 0.0924. The number of ether oxygens (including phenoxy) is 1. The topological polar surface area (TPSA) is 51.2 Å². The Morgan fingerprint density at radius 3 is 2.65 bits per heavy atom. The van der Waals surface area contributed by atoms with Crippen molar-refractivity contribution in [3.05, 3.63) is 71.1 Å². The van der Waals surface area contributed by atoms with Crippen LogP contribution in [0.1, 0.15) is 36.5 Å². The van der Waals surface area contributed by atoms with Crippen LogP contribution >= 0.6 is 11.6 Å². The number of carbonyl (C=O) groups excluding carboxylic acids is 1. The number of aromatic nitrogens is 1. The maximum absolute atomic E-state index is 13.7. The average Bonchev–Trinajstić information content (AvgIpc) is 3.26. The van der Waals surface area contributed by atoms with Gasteiger partial charge in [0, 0.05) is 28.2 Å². The molecule has 2 saturated carbocycles. The molecule has 3 unspecified atom stereocenters. The van der Waals surface area contributed by atoms with Gasteiger partial charge in [-0.15, -0.1) is 0 Å². The molecule has 0 spiro atoms. The Labute approximate surface area is 185 Å². The smallest absolute Gasteiger partial charge is 0.251 e. The van der Waals surface area contributed by atoms with E-state index in [-0.39, 0.29) is 23.9 Å². The first-order valence-electron chi connectivity index (χ1n) is 10.8. The minimum absolute atomic E-state index is 0.0495. The van der Waals surface area contributed by atoms with Crippen LogP contribution in [0.2, 0.25) is 5.02 Å². The number of hydrogen-bond donors (Lipinski definition) is 1. The van der Waals surface area contributed by atoms with Crippen LogP contribution in [0.3, 0.4) is 0 Å². The zero-order chi connectivity index (χ0) is 21.5. The van der Waals surface area contributed by atoms with E-state index in [1.54, 1.807) is 36.5 Å². The van der Waals surface area contributed by atoms with Crippen molar-refractivity contribution >= 4 is 28.4 Å². The molecule has 31 heavy (non-hydrogen) atoms. The van der Waals surface area contributed by atoms with E-state index in [0.29, 0.717) is 39.5 Å². The van der Waals surface area contributed by atoms with E-state index in [1.807, 2.05) is 6.07 Å². The number of halogens is 2. The van der Waals surface area contributed by atoms with Crippen LogP contribution in [0.4, 0.5) is 4.39 Å². The Morgan fingerprint density at radius 2 is 1.94 bits per heavy atom. The Kier molecular flexibility index (Phi) is 5.30. The Bertz CT molecular complexity index is 1110. The van der Waals surface area contributed by atoms with E-state index in [4.69, 9.17) is 16.3 Å². The van der Waals surface area contributed by atoms with Gasteiger partial charge in [-0.3, -0.25) is 9.78 Å². The van der Waals surface area contributed by atoms with Crippen LogP contribution < -0.4 is 10.1 Å². The van der Waals surface area contributed by atoms with Gasteiger partial charge >= 0.3 is 0 Å². The number of pyridine rings is 1. The molecule has 1 aromatic heterocycles. The van der Waals surface area contributed by atoms with Gasteiger partial charge in [0.1, 0.15) is 11.6 Å². The Hall–Kier alpha value is -2.66. The van der Waals surface area contributed by atoms with Crippen molar-refractivity contribution in [1.82, 2.24) is 10.3 Å². The van der Waals surface area contributed by atoms with Gasteiger partial charge in [-0.25, -0.2) is 4.39 Å². The van der Waals surface area contributed by atoms with Crippen LogP contribution in [-0.2, 0) is 0 Å². The van der Waals surface area contributed by atoms with Crippen molar-refractivity contribution in [2.45, 2.75) is 38.3 Å². The molecule has 3 aromatic rings. The third-order valence-electron chi connectivity index (χ3n) is 6.75. The monoisotopic (exact) mass is 438 g/mol. The predicted molar refractivity (Wildman–Crippen MR) is 119 cm³/mol. The predicted octanol–water partition coefficient (Wildman–Crippen LogP) is 5.64. The maximum Gasteiger partial charge on any atom is 0.251 e. The van der Waals surface area contributed by atoms with E-state index in [0.717, 1.165) is 24.8 Å². The fourth-order valence-corrected chi connectivity index (χ4v) is 5.36. The molecule has 3 atom stereocenters. The Morgan fingerprint density at radius 1 is 1.19 bits per heavy atom. The highest BCUT2D eigenvalue weighted by Gasteiger charge is 2.59. The number of hydrogen-bond acceptors (Lipinski definition) is 3. The summed E-state index contributed by atoms with van der Waals surface area (Å²) in [5.74, 6) is 1.97. The summed E-state index contributed by atoms with van der Waals surface area (Å²) >= 11 is 5.92. The molecule has 1 heterocycles. The van der Waals surface area contributed by atoms with Gasteiger partial charge in [-0.05, 0) is 85.5 Å². The molecule has 0 radical (unpaired) electrons. The molecule has 0 saturated heterocycles. The first kappa shape index (κ1) is 20.3. The lowest BCUT2D eigenvalue weighted by atomic mass is 10.00. The third kappa shape index (κ3) is 3.99. The summed E-state index contributed by atoms with van der Waals surface area (Å²) in [4.78, 5) is 16.9. The number of carbonyl (C=O) groups is 1. The van der Waals surface area contributed by atoms with Gasteiger partial charge in [0.2, 0.25) is 0 Å². The molecular weight excluding hydrogens is 415 g/mol. The van der Waals surface area contributed by atoms with Crippen molar-refractivity contribution in [2.75, 3.05) is 0 Å². The molecule has 2 aromatic carbocycles. The molecular formula is C25H24ClFN2O2. The number of amides is 1. The van der Waals surface area contributed by atoms with Gasteiger partial charge < -0.3 is 10.1 Å². The zero-order valence-electron chi connectivity index (χ0n) is 17.2. The van der Waals surface area contributed by atoms with E-state index in [9.17, 15) is 9.18 Å². The van der Waals surface area contributed by atoms with Crippen molar-refractivity contribution in [1.29, 1.82) is 0 Å². The molecule has 1 amide bonds. The van der Waals surface area contributed by atoms with Crippen molar-refractivity contribution in [3.63, 3.8) is 0 Å². The van der Waals surface area contributed by atoms with Crippen LogP contribution in [0.15, 0.2) is 54.7 Å². The summed E-state index contributed by atoms with van der Waals surface area (Å²) in [6.07, 6.45) is 4.64. The molecule has 5 rings (SSSR count). The summed E-state index contributed by atoms with van der Waals surface area (Å²) in [6.45, 7) is 2.12. The molecule has 2 aliphatic carbocycles. The Balaban J connectivity index is 1.21. The molecule has 6 heteroatoms. The second kappa shape index (κ2) is 8.12. The van der Waals surface area contributed by atoms with Gasteiger partial charge in [0.25, 0.3) is 5.91 Å². The standard InChI is InChI=1S/C25H24ClFN2O2/c1-2-21(29-25(30)14-3-5-15(26)6-4-14)24-18-12-17(13-19(18)24)31-23-9-10-28-22-8-7-16(27)11-20(22)23/h3-11,17-19,21,24H,2,12-13H2,1H3,(H,29,30). The van der Waals surface area contributed by atoms with Crippen LogP contribution in [0, 0.1) is 23.6 Å². The normalized spacial score (nSPS) is 25.1. The van der Waals surface area contributed by atoms with Gasteiger partial charge in [0.15, 0.2) is 0 Å². The van der Waals surface area contributed by atoms with E-state index >= 15 is 0 Å². The quantitative estimate of drug-likeness (QED) is 0.541. The first-order valence-corrected chi connectivity index (χ1v) is 11.2. The average molecular weight is 439 g/mol. The maximum atomic E-state index is 13.7. The van der Waals surface area contributed by atoms with Crippen molar-refractivity contribution in [3.8, 4) is 5.75 Å². The van der Waals surface area contributed by atoms with Gasteiger partial charge in [-0.1, -0.05) is 18.5 Å². The largest absolute Gasteiger partial charge is 0.490 e. The van der Waals surface area contributed by atoms with Crippen LogP contribution in [0.25, 0.3) is 10.9 Å². The number of fused-ring (bicyclic) bond motifs is 2. The number of nitrogens with one attached hydrogen (secondary N) is 1. The second-order valence-electron chi connectivity index (χ2n) is 8.58. The van der Waals surface area contributed by atoms with E-state index < -0.39 is 0 Å². The van der Waals surface area contributed by atoms with E-state index in [2.05, 4.69) is 17.2 Å². The molecule has 4 nitrogen and oxygen atoms in total. The molecule has 160 valence electrons. The van der Waals surface area contributed by atoms with Crippen LogP contribution in [-0.4, -0.2) is 23.0 Å². The van der Waals surface area contributed by atoms with E-state index in [1.165, 1.54) is 12.1 Å². The summed E-state index contributed by atoms with van der Waals surface area (Å²) < 4.78 is 20.0. The lowest BCUT2D eigenvalue weighted by Gasteiger charge is -2.22. The highest BCUT2D eigenvalue weighted by atomic mass is 35.5. The summed E-state index contributed by atoms with van der Waals surface area (Å²) in [7, 11) is 0. The molecule has 0 aliphatic heterocycles. The summed E-state index contributed by atoms with van der Waals surface area (Å²) in [5.41, 5.74) is 1.36.